The molecule has 0 saturated carbocycles. The minimum Gasteiger partial charge on any atom is -0.478 e. The van der Waals surface area contributed by atoms with E-state index in [9.17, 15) is 9.90 Å². The molecule has 0 aliphatic carbocycles. The van der Waals surface area contributed by atoms with Crippen molar-refractivity contribution in [3.63, 3.8) is 0 Å². The third kappa shape index (κ3) is 2.03. The molecule has 0 atom stereocenters. The molecule has 0 fully saturated rings. The summed E-state index contributed by atoms with van der Waals surface area (Å²) in [6.07, 6.45) is 0. The topological polar surface area (TPSA) is 55.1 Å². The number of aromatic nitrogens is 2. The third-order valence-electron chi connectivity index (χ3n) is 2.44. The first-order valence-corrected chi connectivity index (χ1v) is 5.44. The van der Waals surface area contributed by atoms with E-state index in [4.69, 9.17) is 11.6 Å². The van der Waals surface area contributed by atoms with Gasteiger partial charge in [0, 0.05) is 5.69 Å². The Morgan fingerprint density at radius 3 is 2.65 bits per heavy atom. The van der Waals surface area contributed by atoms with Gasteiger partial charge in [-0.2, -0.15) is 5.10 Å². The zero-order valence-electron chi connectivity index (χ0n) is 9.44. The maximum atomic E-state index is 11.2. The van der Waals surface area contributed by atoms with E-state index in [1.807, 2.05) is 19.9 Å². The molecule has 0 aliphatic rings. The molecular formula is C12H11ClN2O2. The smallest absolute Gasteiger partial charge is 0.339 e. The van der Waals surface area contributed by atoms with Crippen molar-refractivity contribution in [3.8, 4) is 5.69 Å². The summed E-state index contributed by atoms with van der Waals surface area (Å²) in [5, 5.41) is 13.6. The number of aromatic carboxylic acids is 1. The van der Waals surface area contributed by atoms with Crippen LogP contribution in [-0.4, -0.2) is 20.9 Å². The average Bonchev–Trinajstić information content (AvgIpc) is 2.56. The van der Waals surface area contributed by atoms with E-state index in [0.717, 1.165) is 11.4 Å². The van der Waals surface area contributed by atoms with Crippen LogP contribution in [0.15, 0.2) is 24.3 Å². The highest BCUT2D eigenvalue weighted by atomic mass is 35.5. The van der Waals surface area contributed by atoms with Gasteiger partial charge in [0.05, 0.1) is 16.4 Å². The van der Waals surface area contributed by atoms with Crippen molar-refractivity contribution < 1.29 is 9.90 Å². The van der Waals surface area contributed by atoms with E-state index in [0.29, 0.717) is 5.69 Å². The summed E-state index contributed by atoms with van der Waals surface area (Å²) >= 11 is 5.91. The van der Waals surface area contributed by atoms with E-state index in [1.54, 1.807) is 22.9 Å². The summed E-state index contributed by atoms with van der Waals surface area (Å²) in [4.78, 5) is 11.2. The maximum absolute atomic E-state index is 11.2. The fourth-order valence-corrected chi connectivity index (χ4v) is 2.02. The lowest BCUT2D eigenvalue weighted by Gasteiger charge is -2.09. The molecule has 5 heteroatoms. The second-order valence-corrected chi connectivity index (χ2v) is 4.19. The molecule has 0 unspecified atom stereocenters. The molecule has 0 radical (unpaired) electrons. The zero-order chi connectivity index (χ0) is 12.6. The first-order chi connectivity index (χ1) is 8.00. The minimum atomic E-state index is -1.06. The molecule has 4 nitrogen and oxygen atoms in total. The molecule has 0 spiro atoms. The van der Waals surface area contributed by atoms with Crippen LogP contribution in [0.3, 0.4) is 0 Å². The Morgan fingerprint density at radius 2 is 2.12 bits per heavy atom. The van der Waals surface area contributed by atoms with E-state index in [-0.39, 0.29) is 10.6 Å². The Labute approximate surface area is 103 Å². The number of carbonyl (C=O) groups is 1. The van der Waals surface area contributed by atoms with E-state index in [2.05, 4.69) is 5.10 Å². The number of halogens is 1. The summed E-state index contributed by atoms with van der Waals surface area (Å²) in [5.41, 5.74) is 2.25. The van der Waals surface area contributed by atoms with Gasteiger partial charge in [-0.05, 0) is 32.0 Å². The molecule has 1 N–H and O–H groups in total. The zero-order valence-corrected chi connectivity index (χ0v) is 10.2. The summed E-state index contributed by atoms with van der Waals surface area (Å²) in [6.45, 7) is 3.72. The van der Waals surface area contributed by atoms with Gasteiger partial charge in [-0.1, -0.05) is 17.7 Å². The number of carboxylic acid groups (broad SMARTS) is 1. The van der Waals surface area contributed by atoms with Crippen LogP contribution in [0, 0.1) is 13.8 Å². The van der Waals surface area contributed by atoms with Crippen molar-refractivity contribution in [3.05, 3.63) is 46.2 Å². The van der Waals surface area contributed by atoms with Gasteiger partial charge in [-0.25, -0.2) is 9.48 Å². The molecule has 0 amide bonds. The van der Waals surface area contributed by atoms with Crippen LogP contribution in [0.5, 0.6) is 0 Å². The number of nitrogens with zero attached hydrogens (tertiary/aromatic N) is 2. The van der Waals surface area contributed by atoms with Gasteiger partial charge < -0.3 is 5.11 Å². The van der Waals surface area contributed by atoms with Gasteiger partial charge in [-0.3, -0.25) is 0 Å². The fraction of sp³-hybridized carbons (Fsp3) is 0.167. The summed E-state index contributed by atoms with van der Waals surface area (Å²) < 4.78 is 1.59. The molecular weight excluding hydrogens is 240 g/mol. The van der Waals surface area contributed by atoms with Crippen molar-refractivity contribution >= 4 is 17.6 Å². The molecule has 1 aromatic carbocycles. The lowest BCUT2D eigenvalue weighted by molar-refractivity contribution is 0.0697. The van der Waals surface area contributed by atoms with Crippen LogP contribution in [0.4, 0.5) is 0 Å². The van der Waals surface area contributed by atoms with Crippen LogP contribution in [0.25, 0.3) is 5.69 Å². The molecule has 2 rings (SSSR count). The summed E-state index contributed by atoms with van der Waals surface area (Å²) in [6, 6.07) is 6.84. The number of hydrogen-bond acceptors (Lipinski definition) is 2. The molecule has 1 aromatic heterocycles. The molecule has 0 bridgehead atoms. The van der Waals surface area contributed by atoms with Crippen molar-refractivity contribution in [2.24, 2.45) is 0 Å². The van der Waals surface area contributed by atoms with E-state index >= 15 is 0 Å². The van der Waals surface area contributed by atoms with Crippen molar-refractivity contribution in [2.45, 2.75) is 13.8 Å². The van der Waals surface area contributed by atoms with Crippen molar-refractivity contribution in [1.29, 1.82) is 0 Å². The highest BCUT2D eigenvalue weighted by Crippen LogP contribution is 2.24. The molecule has 0 saturated heterocycles. The molecule has 2 aromatic rings. The number of rotatable bonds is 2. The third-order valence-corrected chi connectivity index (χ3v) is 2.76. The van der Waals surface area contributed by atoms with Crippen LogP contribution >= 0.6 is 11.6 Å². The molecule has 1 heterocycles. The number of benzene rings is 1. The van der Waals surface area contributed by atoms with Gasteiger partial charge >= 0.3 is 5.97 Å². The Bertz CT molecular complexity index is 590. The Balaban J connectivity index is 2.71. The molecule has 17 heavy (non-hydrogen) atoms. The van der Waals surface area contributed by atoms with E-state index < -0.39 is 5.97 Å². The quantitative estimate of drug-likeness (QED) is 0.892. The Kier molecular flexibility index (Phi) is 2.90. The van der Waals surface area contributed by atoms with Gasteiger partial charge in [0.25, 0.3) is 0 Å². The van der Waals surface area contributed by atoms with Gasteiger partial charge in [0.2, 0.25) is 0 Å². The van der Waals surface area contributed by atoms with Crippen molar-refractivity contribution in [2.75, 3.05) is 0 Å². The highest BCUT2D eigenvalue weighted by molar-refractivity contribution is 6.34. The predicted octanol–water partition coefficient (Wildman–Crippen LogP) is 2.84. The Morgan fingerprint density at radius 1 is 1.41 bits per heavy atom. The monoisotopic (exact) mass is 250 g/mol. The van der Waals surface area contributed by atoms with Gasteiger partial charge in [0.1, 0.15) is 5.56 Å². The van der Waals surface area contributed by atoms with Crippen LogP contribution < -0.4 is 0 Å². The Hall–Kier alpha value is -1.81. The largest absolute Gasteiger partial charge is 0.478 e. The van der Waals surface area contributed by atoms with Crippen LogP contribution in [0.2, 0.25) is 5.02 Å². The lowest BCUT2D eigenvalue weighted by atomic mass is 10.2. The number of hydrogen-bond donors (Lipinski definition) is 1. The van der Waals surface area contributed by atoms with Crippen LogP contribution in [0.1, 0.15) is 21.7 Å². The van der Waals surface area contributed by atoms with Crippen LogP contribution in [-0.2, 0) is 0 Å². The normalized spacial score (nSPS) is 10.5. The lowest BCUT2D eigenvalue weighted by Crippen LogP contribution is -2.08. The van der Waals surface area contributed by atoms with Gasteiger partial charge in [0.15, 0.2) is 0 Å². The molecule has 0 aliphatic heterocycles. The first-order valence-electron chi connectivity index (χ1n) is 5.06. The summed E-state index contributed by atoms with van der Waals surface area (Å²) in [5.74, 6) is -1.06. The summed E-state index contributed by atoms with van der Waals surface area (Å²) in [7, 11) is 0. The number of aryl methyl sites for hydroxylation is 2. The fourth-order valence-electron chi connectivity index (χ4n) is 1.77. The number of carboxylic acids is 1. The predicted molar refractivity (Wildman–Crippen MR) is 65.0 cm³/mol. The second kappa shape index (κ2) is 4.22. The van der Waals surface area contributed by atoms with Gasteiger partial charge in [-0.15, -0.1) is 0 Å². The van der Waals surface area contributed by atoms with Crippen molar-refractivity contribution in [1.82, 2.24) is 9.78 Å². The maximum Gasteiger partial charge on any atom is 0.339 e. The minimum absolute atomic E-state index is 0.0698. The second-order valence-electron chi connectivity index (χ2n) is 3.78. The standard InChI is InChI=1S/C12H11ClN2O2/c1-7-6-8(2)15(14-7)10-5-3-4-9(13)11(10)12(16)17/h3-6H,1-2H3,(H,16,17). The highest BCUT2D eigenvalue weighted by Gasteiger charge is 2.17. The SMILES string of the molecule is Cc1cc(C)n(-c2cccc(Cl)c2C(=O)O)n1. The first kappa shape index (κ1) is 11.7. The average molecular weight is 251 g/mol. The molecule has 88 valence electrons. The van der Waals surface area contributed by atoms with E-state index in [1.165, 1.54) is 0 Å².